The summed E-state index contributed by atoms with van der Waals surface area (Å²) in [7, 11) is -2.76. The number of hydrogen-bond acceptors (Lipinski definition) is 5. The summed E-state index contributed by atoms with van der Waals surface area (Å²) in [6, 6.07) is 4.99. The molecule has 0 fully saturated rings. The normalized spacial score (nSPS) is 13.4. The molecule has 1 aromatic heterocycles. The summed E-state index contributed by atoms with van der Waals surface area (Å²) >= 11 is 0. The molecule has 2 rings (SSSR count). The Morgan fingerprint density at radius 3 is 2.33 bits per heavy atom. The lowest BCUT2D eigenvalue weighted by Gasteiger charge is -2.14. The second kappa shape index (κ2) is 5.76. The molecule has 1 heterocycles. The van der Waals surface area contributed by atoms with Gasteiger partial charge in [-0.05, 0) is 31.2 Å². The van der Waals surface area contributed by atoms with Gasteiger partial charge in [0, 0.05) is 12.7 Å². The number of hydrogen-bond donors (Lipinski definition) is 1. The lowest BCUT2D eigenvalue weighted by atomic mass is 10.2. The average molecular weight is 316 g/mol. The van der Waals surface area contributed by atoms with Crippen molar-refractivity contribution in [2.24, 2.45) is 7.05 Å². The zero-order valence-corrected chi connectivity index (χ0v) is 12.2. The van der Waals surface area contributed by atoms with E-state index in [9.17, 15) is 17.2 Å². The molecule has 1 atom stereocenters. The topological polar surface area (TPSA) is 76.9 Å². The number of aryl methyl sites for hydroxylation is 1. The summed E-state index contributed by atoms with van der Waals surface area (Å²) in [5.74, 6) is -2.73. The van der Waals surface area contributed by atoms with Crippen molar-refractivity contribution in [2.45, 2.75) is 23.6 Å². The first-order valence-electron chi connectivity index (χ1n) is 6.05. The summed E-state index contributed by atoms with van der Waals surface area (Å²) in [5.41, 5.74) is 0.596. The van der Waals surface area contributed by atoms with Gasteiger partial charge in [0.25, 0.3) is 0 Å². The molecule has 0 amide bonds. The summed E-state index contributed by atoms with van der Waals surface area (Å²) in [5, 5.41) is 10.8. The average Bonchev–Trinajstić information content (AvgIpc) is 2.85. The van der Waals surface area contributed by atoms with Crippen LogP contribution in [-0.2, 0) is 16.9 Å². The molecule has 2 aromatic rings. The number of anilines is 1. The van der Waals surface area contributed by atoms with Crippen LogP contribution in [-0.4, -0.2) is 28.9 Å². The largest absolute Gasteiger partial charge is 0.375 e. The van der Waals surface area contributed by atoms with Crippen LogP contribution in [0.15, 0.2) is 35.5 Å². The predicted octanol–water partition coefficient (Wildman–Crippen LogP) is 1.98. The maximum absolute atomic E-state index is 12.4. The Balaban J connectivity index is 2.15. The Hall–Kier alpha value is -2.03. The molecule has 1 aromatic carbocycles. The van der Waals surface area contributed by atoms with E-state index in [1.54, 1.807) is 17.9 Å². The number of nitrogens with one attached hydrogen (secondary N) is 1. The van der Waals surface area contributed by atoms with Crippen molar-refractivity contribution in [3.05, 3.63) is 36.4 Å². The first kappa shape index (κ1) is 15.4. The molecular formula is C12H14F2N4O2S. The fourth-order valence-corrected chi connectivity index (χ4v) is 2.56. The fourth-order valence-electron chi connectivity index (χ4n) is 1.84. The summed E-state index contributed by atoms with van der Waals surface area (Å²) in [4.78, 5) is -0.408. The molecule has 0 saturated carbocycles. The Morgan fingerprint density at radius 1 is 1.24 bits per heavy atom. The number of nitrogens with zero attached hydrogens (tertiary/aromatic N) is 3. The Bertz CT molecular complexity index is 713. The second-order valence-corrected chi connectivity index (χ2v) is 6.41. The molecule has 1 N–H and O–H groups in total. The van der Waals surface area contributed by atoms with Crippen LogP contribution in [0.5, 0.6) is 0 Å². The summed E-state index contributed by atoms with van der Waals surface area (Å²) < 4.78 is 49.2. The zero-order chi connectivity index (χ0) is 15.6. The van der Waals surface area contributed by atoms with Gasteiger partial charge in [-0.2, -0.15) is 8.78 Å². The molecule has 21 heavy (non-hydrogen) atoms. The van der Waals surface area contributed by atoms with Gasteiger partial charge in [-0.3, -0.25) is 0 Å². The molecule has 1 unspecified atom stereocenters. The van der Waals surface area contributed by atoms with Crippen LogP contribution in [0.25, 0.3) is 0 Å². The molecule has 0 bridgehead atoms. The molecule has 0 aliphatic heterocycles. The van der Waals surface area contributed by atoms with E-state index in [1.165, 1.54) is 12.1 Å². The molecular weight excluding hydrogens is 302 g/mol. The Labute approximate surface area is 120 Å². The van der Waals surface area contributed by atoms with E-state index in [4.69, 9.17) is 0 Å². The van der Waals surface area contributed by atoms with Crippen molar-refractivity contribution in [2.75, 3.05) is 5.32 Å². The zero-order valence-electron chi connectivity index (χ0n) is 11.4. The van der Waals surface area contributed by atoms with E-state index in [0.717, 1.165) is 12.1 Å². The third kappa shape index (κ3) is 3.18. The van der Waals surface area contributed by atoms with E-state index < -0.39 is 20.5 Å². The highest BCUT2D eigenvalue weighted by Gasteiger charge is 2.26. The SMILES string of the molecule is CC(Nc1ccc(S(=O)(=O)C(F)F)cc1)c1nncn1C. The standard InChI is InChI=1S/C12H14F2N4O2S/c1-8(11-17-15-7-18(11)2)16-9-3-5-10(6-4-9)21(19,20)12(13)14/h3-8,12,16H,1-2H3. The number of sulfone groups is 1. The van der Waals surface area contributed by atoms with Gasteiger partial charge in [-0.25, -0.2) is 8.42 Å². The summed E-state index contributed by atoms with van der Waals surface area (Å²) in [6.45, 7) is 1.85. The van der Waals surface area contributed by atoms with Gasteiger partial charge in [0.2, 0.25) is 9.84 Å². The van der Waals surface area contributed by atoms with Crippen LogP contribution in [0.2, 0.25) is 0 Å². The molecule has 0 aliphatic rings. The fraction of sp³-hybridized carbons (Fsp3) is 0.333. The van der Waals surface area contributed by atoms with Crippen molar-refractivity contribution in [1.82, 2.24) is 14.8 Å². The molecule has 6 nitrogen and oxygen atoms in total. The highest BCUT2D eigenvalue weighted by atomic mass is 32.2. The van der Waals surface area contributed by atoms with Crippen LogP contribution in [0.3, 0.4) is 0 Å². The molecule has 0 spiro atoms. The molecule has 0 saturated heterocycles. The first-order chi connectivity index (χ1) is 9.82. The van der Waals surface area contributed by atoms with Gasteiger partial charge < -0.3 is 9.88 Å². The van der Waals surface area contributed by atoms with Crippen LogP contribution < -0.4 is 5.32 Å². The maximum atomic E-state index is 12.4. The molecule has 9 heteroatoms. The van der Waals surface area contributed by atoms with Gasteiger partial charge in [-0.15, -0.1) is 10.2 Å². The Kier molecular flexibility index (Phi) is 4.21. The van der Waals surface area contributed by atoms with Gasteiger partial charge >= 0.3 is 5.76 Å². The number of rotatable bonds is 5. The van der Waals surface area contributed by atoms with Crippen LogP contribution in [0.4, 0.5) is 14.5 Å². The number of alkyl halides is 2. The third-order valence-electron chi connectivity index (χ3n) is 2.93. The van der Waals surface area contributed by atoms with E-state index in [1.807, 2.05) is 6.92 Å². The number of aromatic nitrogens is 3. The lowest BCUT2D eigenvalue weighted by Crippen LogP contribution is -2.13. The minimum atomic E-state index is -4.56. The van der Waals surface area contributed by atoms with E-state index in [2.05, 4.69) is 15.5 Å². The van der Waals surface area contributed by atoms with Crippen molar-refractivity contribution >= 4 is 15.5 Å². The highest BCUT2D eigenvalue weighted by Crippen LogP contribution is 2.22. The number of benzene rings is 1. The monoisotopic (exact) mass is 316 g/mol. The minimum absolute atomic E-state index is 0.171. The van der Waals surface area contributed by atoms with Crippen molar-refractivity contribution in [3.8, 4) is 0 Å². The van der Waals surface area contributed by atoms with Crippen molar-refractivity contribution in [1.29, 1.82) is 0 Å². The molecule has 114 valence electrons. The van der Waals surface area contributed by atoms with Crippen LogP contribution >= 0.6 is 0 Å². The highest BCUT2D eigenvalue weighted by molar-refractivity contribution is 7.91. The second-order valence-electron chi connectivity index (χ2n) is 4.50. The third-order valence-corrected chi connectivity index (χ3v) is 4.33. The van der Waals surface area contributed by atoms with Gasteiger partial charge in [-0.1, -0.05) is 0 Å². The predicted molar refractivity (Wildman–Crippen MR) is 72.7 cm³/mol. The summed E-state index contributed by atoms with van der Waals surface area (Å²) in [6.07, 6.45) is 1.56. The van der Waals surface area contributed by atoms with Crippen LogP contribution in [0.1, 0.15) is 18.8 Å². The van der Waals surface area contributed by atoms with Crippen LogP contribution in [0, 0.1) is 0 Å². The van der Waals surface area contributed by atoms with Gasteiger partial charge in [0.1, 0.15) is 6.33 Å². The van der Waals surface area contributed by atoms with E-state index >= 15 is 0 Å². The molecule has 0 aliphatic carbocycles. The van der Waals surface area contributed by atoms with E-state index in [0.29, 0.717) is 11.5 Å². The van der Waals surface area contributed by atoms with E-state index in [-0.39, 0.29) is 6.04 Å². The maximum Gasteiger partial charge on any atom is 0.341 e. The van der Waals surface area contributed by atoms with Gasteiger partial charge in [0.15, 0.2) is 5.82 Å². The Morgan fingerprint density at radius 2 is 1.86 bits per heavy atom. The minimum Gasteiger partial charge on any atom is -0.375 e. The lowest BCUT2D eigenvalue weighted by molar-refractivity contribution is 0.234. The molecule has 0 radical (unpaired) electrons. The quantitative estimate of drug-likeness (QED) is 0.913. The van der Waals surface area contributed by atoms with Crippen molar-refractivity contribution in [3.63, 3.8) is 0 Å². The smallest absolute Gasteiger partial charge is 0.341 e. The van der Waals surface area contributed by atoms with Gasteiger partial charge in [0.05, 0.1) is 10.9 Å². The first-order valence-corrected chi connectivity index (χ1v) is 7.59. The number of halogens is 2. The van der Waals surface area contributed by atoms with Crippen molar-refractivity contribution < 1.29 is 17.2 Å².